The fourth-order valence-electron chi connectivity index (χ4n) is 1.03. The molecule has 0 atom stereocenters. The summed E-state index contributed by atoms with van der Waals surface area (Å²) in [7, 11) is 4.69. The maximum Gasteiger partial charge on any atom is 0.369 e. The Morgan fingerprint density at radius 1 is 0.875 bits per heavy atom. The van der Waals surface area contributed by atoms with Crippen LogP contribution in [0.5, 0.6) is 0 Å². The van der Waals surface area contributed by atoms with Crippen molar-refractivity contribution in [2.45, 2.75) is 9.02 Å². The molecular formula is C8H12Br2O6. The maximum absolute atomic E-state index is 11.6. The van der Waals surface area contributed by atoms with E-state index in [1.165, 1.54) is 14.2 Å². The number of carbonyl (C=O) groups excluding carboxylic acids is 2. The van der Waals surface area contributed by atoms with Gasteiger partial charge in [-0.25, -0.2) is 9.59 Å². The Kier molecular flexibility index (Phi) is 5.88. The monoisotopic (exact) mass is 362 g/mol. The van der Waals surface area contributed by atoms with Crippen LogP contribution >= 0.6 is 31.9 Å². The van der Waals surface area contributed by atoms with Gasteiger partial charge in [0.1, 0.15) is 0 Å². The number of halogens is 2. The van der Waals surface area contributed by atoms with E-state index in [1.807, 2.05) is 0 Å². The average molecular weight is 364 g/mol. The first-order valence-electron chi connectivity index (χ1n) is 3.99. The Hall–Kier alpha value is -0.180. The molecule has 0 rings (SSSR count). The third-order valence-corrected chi connectivity index (χ3v) is 3.58. The second kappa shape index (κ2) is 5.95. The molecule has 0 aromatic carbocycles. The maximum atomic E-state index is 11.6. The van der Waals surface area contributed by atoms with Crippen LogP contribution in [0.25, 0.3) is 0 Å². The van der Waals surface area contributed by atoms with Crippen LogP contribution in [0.1, 0.15) is 0 Å². The van der Waals surface area contributed by atoms with Crippen molar-refractivity contribution in [1.29, 1.82) is 0 Å². The first kappa shape index (κ1) is 15.8. The minimum Gasteiger partial charge on any atom is -0.467 e. The van der Waals surface area contributed by atoms with Crippen molar-refractivity contribution < 1.29 is 28.5 Å². The van der Waals surface area contributed by atoms with Gasteiger partial charge in [-0.1, -0.05) is 31.9 Å². The Balaban J connectivity index is 5.50. The zero-order valence-electron chi connectivity index (χ0n) is 9.21. The molecule has 0 saturated carbocycles. The fraction of sp³-hybridized carbons (Fsp3) is 0.750. The summed E-state index contributed by atoms with van der Waals surface area (Å²) in [4.78, 5) is 23.2. The number of ether oxygens (including phenoxy) is 4. The van der Waals surface area contributed by atoms with Crippen LogP contribution < -0.4 is 0 Å². The van der Waals surface area contributed by atoms with E-state index in [9.17, 15) is 9.59 Å². The van der Waals surface area contributed by atoms with Gasteiger partial charge < -0.3 is 18.9 Å². The van der Waals surface area contributed by atoms with E-state index in [-0.39, 0.29) is 0 Å². The van der Waals surface area contributed by atoms with Crippen LogP contribution in [0.2, 0.25) is 0 Å². The molecule has 0 fully saturated rings. The Bertz CT molecular complexity index is 274. The molecule has 0 heterocycles. The molecule has 0 aliphatic carbocycles. The van der Waals surface area contributed by atoms with Crippen molar-refractivity contribution in [3.05, 3.63) is 0 Å². The lowest BCUT2D eigenvalue weighted by Gasteiger charge is -2.35. The molecule has 16 heavy (non-hydrogen) atoms. The van der Waals surface area contributed by atoms with Crippen LogP contribution in [-0.2, 0) is 28.5 Å². The van der Waals surface area contributed by atoms with Crippen LogP contribution in [0.15, 0.2) is 0 Å². The van der Waals surface area contributed by atoms with Gasteiger partial charge in [0.25, 0.3) is 0 Å². The van der Waals surface area contributed by atoms with Gasteiger partial charge in [-0.2, -0.15) is 0 Å². The largest absolute Gasteiger partial charge is 0.467 e. The lowest BCUT2D eigenvalue weighted by Crippen LogP contribution is -2.59. The van der Waals surface area contributed by atoms with Gasteiger partial charge in [0, 0.05) is 14.2 Å². The zero-order valence-corrected chi connectivity index (χ0v) is 12.4. The molecule has 0 aromatic heterocycles. The summed E-state index contributed by atoms with van der Waals surface area (Å²) >= 11 is 5.97. The highest BCUT2D eigenvalue weighted by molar-refractivity contribution is 9.26. The van der Waals surface area contributed by atoms with Gasteiger partial charge in [0.2, 0.25) is 3.23 Å². The quantitative estimate of drug-likeness (QED) is 0.409. The van der Waals surface area contributed by atoms with Crippen LogP contribution in [0.3, 0.4) is 0 Å². The second-order valence-corrected chi connectivity index (χ2v) is 6.03. The van der Waals surface area contributed by atoms with E-state index < -0.39 is 21.0 Å². The van der Waals surface area contributed by atoms with Crippen molar-refractivity contribution >= 4 is 43.8 Å². The number of alkyl halides is 2. The molecule has 0 amide bonds. The highest BCUT2D eigenvalue weighted by Gasteiger charge is 2.63. The first-order valence-corrected chi connectivity index (χ1v) is 5.57. The van der Waals surface area contributed by atoms with Gasteiger partial charge in [-0.3, -0.25) is 0 Å². The van der Waals surface area contributed by atoms with E-state index in [2.05, 4.69) is 41.3 Å². The predicted molar refractivity (Wildman–Crippen MR) is 61.4 cm³/mol. The highest BCUT2D eigenvalue weighted by Crippen LogP contribution is 2.42. The number of hydrogen-bond donors (Lipinski definition) is 0. The minimum atomic E-state index is -1.99. The summed E-state index contributed by atoms with van der Waals surface area (Å²) in [5, 5.41) is 0. The summed E-state index contributed by atoms with van der Waals surface area (Å²) in [6.07, 6.45) is 0. The second-order valence-electron chi connectivity index (χ2n) is 2.58. The van der Waals surface area contributed by atoms with Gasteiger partial charge >= 0.3 is 17.7 Å². The van der Waals surface area contributed by atoms with E-state index in [0.717, 1.165) is 14.2 Å². The zero-order chi connectivity index (χ0) is 13.0. The Labute approximate surface area is 110 Å². The summed E-state index contributed by atoms with van der Waals surface area (Å²) in [6.45, 7) is 0. The third kappa shape index (κ3) is 2.39. The molecule has 6 nitrogen and oxygen atoms in total. The Morgan fingerprint density at radius 3 is 1.50 bits per heavy atom. The lowest BCUT2D eigenvalue weighted by molar-refractivity contribution is -0.232. The molecule has 0 spiro atoms. The lowest BCUT2D eigenvalue weighted by atomic mass is 10.2. The van der Waals surface area contributed by atoms with Gasteiger partial charge in [-0.15, -0.1) is 0 Å². The number of hydrogen-bond acceptors (Lipinski definition) is 6. The minimum absolute atomic E-state index is 0.804. The normalized spacial score (nSPS) is 12.1. The summed E-state index contributed by atoms with van der Waals surface area (Å²) in [6, 6.07) is 0. The average Bonchev–Trinajstić information content (AvgIpc) is 2.29. The summed E-state index contributed by atoms with van der Waals surface area (Å²) in [5.74, 6) is -3.69. The first-order chi connectivity index (χ1) is 7.33. The van der Waals surface area contributed by atoms with E-state index in [0.29, 0.717) is 0 Å². The van der Waals surface area contributed by atoms with E-state index in [1.54, 1.807) is 0 Å². The molecule has 0 aliphatic rings. The van der Waals surface area contributed by atoms with Crippen LogP contribution in [0.4, 0.5) is 0 Å². The van der Waals surface area contributed by atoms with Crippen molar-refractivity contribution in [1.82, 2.24) is 0 Å². The number of esters is 2. The molecule has 0 unspecified atom stereocenters. The Morgan fingerprint density at radius 2 is 1.25 bits per heavy atom. The van der Waals surface area contributed by atoms with Crippen molar-refractivity contribution in [2.24, 2.45) is 0 Å². The van der Waals surface area contributed by atoms with E-state index >= 15 is 0 Å². The molecule has 0 aromatic rings. The van der Waals surface area contributed by atoms with Crippen molar-refractivity contribution in [3.63, 3.8) is 0 Å². The number of carbonyl (C=O) groups is 2. The van der Waals surface area contributed by atoms with Crippen molar-refractivity contribution in [3.8, 4) is 0 Å². The van der Waals surface area contributed by atoms with Gasteiger partial charge in [-0.05, 0) is 0 Å². The topological polar surface area (TPSA) is 71.1 Å². The molecule has 94 valence electrons. The highest BCUT2D eigenvalue weighted by atomic mass is 79.9. The van der Waals surface area contributed by atoms with Gasteiger partial charge in [0.05, 0.1) is 14.2 Å². The molecule has 0 saturated heterocycles. The predicted octanol–water partition coefficient (Wildman–Crippen LogP) is 0.808. The smallest absolute Gasteiger partial charge is 0.369 e. The van der Waals surface area contributed by atoms with Crippen LogP contribution in [0, 0.1) is 0 Å². The third-order valence-electron chi connectivity index (χ3n) is 1.88. The van der Waals surface area contributed by atoms with Crippen molar-refractivity contribution in [2.75, 3.05) is 28.4 Å². The molecular weight excluding hydrogens is 352 g/mol. The fourth-order valence-corrected chi connectivity index (χ4v) is 2.33. The molecule has 0 N–H and O–H groups in total. The SMILES string of the molecule is COC(=O)C(Br)(Br)C(OC)(OC)C(=O)OC. The molecule has 0 radical (unpaired) electrons. The van der Waals surface area contributed by atoms with Gasteiger partial charge in [0.15, 0.2) is 0 Å². The number of methoxy groups -OCH3 is 4. The molecule has 0 aliphatic heterocycles. The number of rotatable bonds is 5. The standard InChI is InChI=1S/C8H12Br2O6/c1-13-5(11)7(9,10)8(15-3,16-4)6(12)14-2/h1-4H3. The van der Waals surface area contributed by atoms with E-state index in [4.69, 9.17) is 9.47 Å². The molecule has 0 bridgehead atoms. The summed E-state index contributed by atoms with van der Waals surface area (Å²) < 4.78 is 17.2. The molecule has 8 heteroatoms. The summed E-state index contributed by atoms with van der Waals surface area (Å²) in [5.41, 5.74) is 0. The van der Waals surface area contributed by atoms with Crippen LogP contribution in [-0.4, -0.2) is 49.4 Å².